The third-order valence-corrected chi connectivity index (χ3v) is 7.40. The van der Waals surface area contributed by atoms with Gasteiger partial charge in [-0.3, -0.25) is 4.79 Å². The molecule has 2 unspecified atom stereocenters. The van der Waals surface area contributed by atoms with Crippen molar-refractivity contribution in [3.05, 3.63) is 29.8 Å². The Bertz CT molecular complexity index is 586. The zero-order valence-electron chi connectivity index (χ0n) is 19.6. The number of carbonyl (C=O) groups excluding carboxylic acids is 1. The van der Waals surface area contributed by atoms with Crippen LogP contribution in [0.5, 0.6) is 0 Å². The van der Waals surface area contributed by atoms with Crippen LogP contribution in [0.15, 0.2) is 24.3 Å². The lowest BCUT2D eigenvalue weighted by Crippen LogP contribution is -2.40. The summed E-state index contributed by atoms with van der Waals surface area (Å²) in [6, 6.07) is 8.01. The van der Waals surface area contributed by atoms with Crippen molar-refractivity contribution in [1.29, 1.82) is 0 Å². The minimum Gasteiger partial charge on any atom is -0.371 e. The number of hydrogen-bond acceptors (Lipinski definition) is 2. The highest BCUT2D eigenvalue weighted by Gasteiger charge is 2.32. The number of nitrogens with one attached hydrogen (secondary N) is 1. The van der Waals surface area contributed by atoms with Crippen LogP contribution in [0.3, 0.4) is 0 Å². The van der Waals surface area contributed by atoms with E-state index in [2.05, 4.69) is 50.0 Å². The molecular weight excluding hydrogens is 356 g/mol. The molecule has 2 atom stereocenters. The van der Waals surface area contributed by atoms with Crippen LogP contribution < -0.4 is 10.2 Å². The largest absolute Gasteiger partial charge is 0.371 e. The number of amides is 1. The van der Waals surface area contributed by atoms with Crippen molar-refractivity contribution >= 4 is 11.6 Å². The fourth-order valence-corrected chi connectivity index (χ4v) is 5.22. The van der Waals surface area contributed by atoms with Gasteiger partial charge >= 0.3 is 0 Å². The average Bonchev–Trinajstić information content (AvgIpc) is 3.11. The standard InChI is InChI=1S/C19H30N2O.C7H14/c1-4-10-19(11-5-2)12-14-21(15-13-19)17-8-6-16(7-9-17)18(22)20-3;1-6-4-3-5-7(6)2/h6-9H,4-5,10-15H2,1-3H3,(H,20,22);6-7H,3-5H2,1-2H3. The molecule has 29 heavy (non-hydrogen) atoms. The summed E-state index contributed by atoms with van der Waals surface area (Å²) >= 11 is 0. The molecule has 3 rings (SSSR count). The summed E-state index contributed by atoms with van der Waals surface area (Å²) in [6.45, 7) is 11.6. The van der Waals surface area contributed by atoms with E-state index in [9.17, 15) is 4.79 Å². The van der Waals surface area contributed by atoms with Gasteiger partial charge in [0.2, 0.25) is 0 Å². The van der Waals surface area contributed by atoms with E-state index in [1.54, 1.807) is 7.05 Å². The highest BCUT2D eigenvalue weighted by Crippen LogP contribution is 2.41. The molecule has 2 fully saturated rings. The zero-order chi connectivity index (χ0) is 21.3. The van der Waals surface area contributed by atoms with Gasteiger partial charge in [0.1, 0.15) is 0 Å². The van der Waals surface area contributed by atoms with Crippen LogP contribution in [0.2, 0.25) is 0 Å². The van der Waals surface area contributed by atoms with E-state index in [4.69, 9.17) is 0 Å². The SMILES string of the molecule is CC1CCCC1C.CCCC1(CCC)CCN(c2ccc(C(=O)NC)cc2)CC1. The first-order valence-corrected chi connectivity index (χ1v) is 12.0. The maximum atomic E-state index is 11.6. The number of benzene rings is 1. The van der Waals surface area contributed by atoms with Crippen molar-refractivity contribution in [2.45, 2.75) is 85.5 Å². The first-order valence-electron chi connectivity index (χ1n) is 12.0. The highest BCUT2D eigenvalue weighted by atomic mass is 16.1. The molecule has 1 N–H and O–H groups in total. The molecule has 3 heteroatoms. The van der Waals surface area contributed by atoms with Crippen molar-refractivity contribution in [2.24, 2.45) is 17.3 Å². The third kappa shape index (κ3) is 6.76. The minimum absolute atomic E-state index is 0.0184. The zero-order valence-corrected chi connectivity index (χ0v) is 19.6. The summed E-state index contributed by atoms with van der Waals surface area (Å²) in [5, 5.41) is 2.67. The molecular formula is C26H44N2O. The number of piperidine rings is 1. The molecule has 1 aromatic rings. The van der Waals surface area contributed by atoms with E-state index >= 15 is 0 Å². The van der Waals surface area contributed by atoms with Gasteiger partial charge in [0.25, 0.3) is 5.91 Å². The number of nitrogens with zero attached hydrogens (tertiary/aromatic N) is 1. The predicted octanol–water partition coefficient (Wildman–Crippen LogP) is 6.68. The molecule has 0 spiro atoms. The lowest BCUT2D eigenvalue weighted by atomic mass is 9.72. The Kier molecular flexibility index (Phi) is 9.52. The molecule has 1 heterocycles. The average molecular weight is 401 g/mol. The number of rotatable bonds is 6. The third-order valence-electron chi connectivity index (χ3n) is 7.40. The molecule has 2 aliphatic rings. The Morgan fingerprint density at radius 2 is 1.52 bits per heavy atom. The van der Waals surface area contributed by atoms with Crippen LogP contribution in [-0.2, 0) is 0 Å². The molecule has 164 valence electrons. The van der Waals surface area contributed by atoms with E-state index in [0.29, 0.717) is 5.41 Å². The van der Waals surface area contributed by atoms with Crippen molar-refractivity contribution in [3.63, 3.8) is 0 Å². The van der Waals surface area contributed by atoms with Gasteiger partial charge in [0, 0.05) is 31.4 Å². The van der Waals surface area contributed by atoms with Gasteiger partial charge in [-0.1, -0.05) is 59.8 Å². The Labute approximate surface area is 179 Å². The maximum absolute atomic E-state index is 11.6. The summed E-state index contributed by atoms with van der Waals surface area (Å²) in [4.78, 5) is 14.1. The fraction of sp³-hybridized carbons (Fsp3) is 0.731. The lowest BCUT2D eigenvalue weighted by molar-refractivity contribution is 0.0963. The van der Waals surface area contributed by atoms with Gasteiger partial charge in [-0.15, -0.1) is 0 Å². The molecule has 1 aliphatic heterocycles. The number of anilines is 1. The quantitative estimate of drug-likeness (QED) is 0.578. The first-order chi connectivity index (χ1) is 13.9. The first kappa shape index (κ1) is 23.8. The molecule has 1 aliphatic carbocycles. The summed E-state index contributed by atoms with van der Waals surface area (Å²) in [7, 11) is 1.67. The molecule has 1 saturated carbocycles. The number of carbonyl (C=O) groups is 1. The van der Waals surface area contributed by atoms with Gasteiger partial charge in [0.15, 0.2) is 0 Å². The Balaban J connectivity index is 0.000000360. The van der Waals surface area contributed by atoms with Crippen molar-refractivity contribution in [3.8, 4) is 0 Å². The molecule has 1 amide bonds. The second-order valence-electron chi connectivity index (χ2n) is 9.50. The van der Waals surface area contributed by atoms with Crippen molar-refractivity contribution < 1.29 is 4.79 Å². The summed E-state index contributed by atoms with van der Waals surface area (Å²) in [5.41, 5.74) is 2.55. The predicted molar refractivity (Wildman–Crippen MR) is 126 cm³/mol. The van der Waals surface area contributed by atoms with Crippen LogP contribution in [0.25, 0.3) is 0 Å². The summed E-state index contributed by atoms with van der Waals surface area (Å²) in [6.07, 6.45) is 12.3. The number of hydrogen-bond donors (Lipinski definition) is 1. The van der Waals surface area contributed by atoms with E-state index in [1.807, 2.05) is 12.1 Å². The van der Waals surface area contributed by atoms with Crippen LogP contribution in [0.4, 0.5) is 5.69 Å². The smallest absolute Gasteiger partial charge is 0.251 e. The van der Waals surface area contributed by atoms with E-state index < -0.39 is 0 Å². The van der Waals surface area contributed by atoms with Gasteiger partial charge in [0.05, 0.1) is 0 Å². The topological polar surface area (TPSA) is 32.3 Å². The van der Waals surface area contributed by atoms with Gasteiger partial charge in [-0.05, 0) is 67.2 Å². The Morgan fingerprint density at radius 3 is 1.90 bits per heavy atom. The maximum Gasteiger partial charge on any atom is 0.251 e. The van der Waals surface area contributed by atoms with Crippen molar-refractivity contribution in [1.82, 2.24) is 5.32 Å². The van der Waals surface area contributed by atoms with E-state index in [-0.39, 0.29) is 5.91 Å². The molecule has 1 aromatic carbocycles. The summed E-state index contributed by atoms with van der Waals surface area (Å²) < 4.78 is 0. The monoisotopic (exact) mass is 400 g/mol. The van der Waals surface area contributed by atoms with Gasteiger partial charge in [-0.25, -0.2) is 0 Å². The normalized spacial score (nSPS) is 23.3. The fourth-order valence-electron chi connectivity index (χ4n) is 5.22. The molecule has 0 radical (unpaired) electrons. The molecule has 1 saturated heterocycles. The summed E-state index contributed by atoms with van der Waals surface area (Å²) in [5.74, 6) is 2.01. The van der Waals surface area contributed by atoms with Crippen LogP contribution in [0, 0.1) is 17.3 Å². The molecule has 0 aromatic heterocycles. The molecule has 0 bridgehead atoms. The van der Waals surface area contributed by atoms with Crippen LogP contribution >= 0.6 is 0 Å². The molecule has 3 nitrogen and oxygen atoms in total. The van der Waals surface area contributed by atoms with Gasteiger partial charge < -0.3 is 10.2 Å². The van der Waals surface area contributed by atoms with Crippen LogP contribution in [-0.4, -0.2) is 26.0 Å². The lowest BCUT2D eigenvalue weighted by Gasteiger charge is -2.43. The van der Waals surface area contributed by atoms with Gasteiger partial charge in [-0.2, -0.15) is 0 Å². The second kappa shape index (κ2) is 11.6. The Morgan fingerprint density at radius 1 is 1.00 bits per heavy atom. The van der Waals surface area contributed by atoms with E-state index in [0.717, 1.165) is 30.5 Å². The minimum atomic E-state index is -0.0184. The Hall–Kier alpha value is -1.51. The highest BCUT2D eigenvalue weighted by molar-refractivity contribution is 5.94. The second-order valence-corrected chi connectivity index (χ2v) is 9.50. The van der Waals surface area contributed by atoms with Crippen molar-refractivity contribution in [2.75, 3.05) is 25.0 Å². The van der Waals surface area contributed by atoms with E-state index in [1.165, 1.54) is 63.5 Å². The van der Waals surface area contributed by atoms with Crippen LogP contribution in [0.1, 0.15) is 95.8 Å².